The summed E-state index contributed by atoms with van der Waals surface area (Å²) in [5, 5.41) is 6.00. The predicted molar refractivity (Wildman–Crippen MR) is 322 cm³/mol. The van der Waals surface area contributed by atoms with E-state index in [-0.39, 0.29) is 11.1 Å². The third-order valence-electron chi connectivity index (χ3n) is 14.0. The van der Waals surface area contributed by atoms with Crippen molar-refractivity contribution in [1.29, 1.82) is 0 Å². The largest absolute Gasteiger partial charge is 0.495 e. The van der Waals surface area contributed by atoms with Gasteiger partial charge in [-0.1, -0.05) is 41.1 Å². The van der Waals surface area contributed by atoms with Crippen LogP contribution in [0.15, 0.2) is 97.3 Å². The molecule has 7 heterocycles. The number of pyridine rings is 4. The predicted octanol–water partition coefficient (Wildman–Crippen LogP) is 9.92. The van der Waals surface area contributed by atoms with Gasteiger partial charge in [0.2, 0.25) is 0 Å². The topological polar surface area (TPSA) is 160 Å². The Hall–Kier alpha value is -7.61. The number of rotatable bonds is 10. The molecule has 0 radical (unpaired) electrons. The van der Waals surface area contributed by atoms with Gasteiger partial charge in [-0.15, -0.1) is 0 Å². The number of carbonyl (C=O) groups is 2. The lowest BCUT2D eigenvalue weighted by molar-refractivity contribution is -0.142. The molecule has 0 atom stereocenters. The minimum Gasteiger partial charge on any atom is -0.399 e. The number of halogens is 7. The smallest absolute Gasteiger partial charge is 0.399 e. The van der Waals surface area contributed by atoms with E-state index in [0.717, 1.165) is 95.9 Å². The molecule has 2 aromatic carbocycles. The van der Waals surface area contributed by atoms with Crippen LogP contribution in [0, 0.1) is 37.5 Å². The molecule has 3 saturated heterocycles. The molecule has 2 amide bonds. The number of ether oxygens (including phenoxy) is 2. The zero-order chi connectivity index (χ0) is 62.6. The van der Waals surface area contributed by atoms with Crippen molar-refractivity contribution in [1.82, 2.24) is 29.7 Å². The van der Waals surface area contributed by atoms with E-state index in [1.807, 2.05) is 104 Å². The number of aromatic nitrogens is 4. The molecule has 24 heteroatoms. The van der Waals surface area contributed by atoms with E-state index in [1.165, 1.54) is 12.1 Å². The van der Waals surface area contributed by atoms with Gasteiger partial charge in [0.1, 0.15) is 34.4 Å². The first-order chi connectivity index (χ1) is 40.5. The van der Waals surface area contributed by atoms with Crippen LogP contribution in [0.1, 0.15) is 82.3 Å². The highest BCUT2D eigenvalue weighted by Crippen LogP contribution is 2.37. The van der Waals surface area contributed by atoms with Gasteiger partial charge in [0.15, 0.2) is 0 Å². The van der Waals surface area contributed by atoms with Gasteiger partial charge in [0.05, 0.1) is 50.7 Å². The number of alkyl halides is 6. The molecule has 454 valence electrons. The number of anilines is 4. The SMILES string of the molecule is CN(C)CC#Cc1cc(Cl)cc(N2CCOCC2)n1.Cc1ccc(NC(=O)c2ccnc(C(F)(F)F)c2)cc1-c1cc(C#CCN(C)C)nc(N2CCOCC2)c1.Cc1ccc(NC(=O)c2ccnc(C(F)(F)F)c2)cc1B1OC(C)(C)C(C)(C)O1. The number of hydrogen-bond acceptors (Lipinski definition) is 14. The number of nitrogens with zero attached hydrogens (tertiary/aromatic N) is 8. The number of benzene rings is 2. The highest BCUT2D eigenvalue weighted by atomic mass is 35.5. The molecule has 3 aliphatic rings. The maximum absolute atomic E-state index is 13.0. The molecule has 86 heavy (non-hydrogen) atoms. The second-order valence-electron chi connectivity index (χ2n) is 21.9. The lowest BCUT2D eigenvalue weighted by atomic mass is 9.76. The zero-order valence-corrected chi connectivity index (χ0v) is 50.3. The Bertz CT molecular complexity index is 3480. The van der Waals surface area contributed by atoms with Crippen molar-refractivity contribution in [3.8, 4) is 34.8 Å². The fourth-order valence-corrected chi connectivity index (χ4v) is 8.78. The number of aryl methyl sites for hydroxylation is 2. The van der Waals surface area contributed by atoms with E-state index in [0.29, 0.717) is 61.5 Å². The molecule has 0 spiro atoms. The highest BCUT2D eigenvalue weighted by Gasteiger charge is 2.52. The van der Waals surface area contributed by atoms with E-state index in [4.69, 9.17) is 35.4 Å². The highest BCUT2D eigenvalue weighted by molar-refractivity contribution is 6.62. The minimum absolute atomic E-state index is 0.133. The van der Waals surface area contributed by atoms with Gasteiger partial charge in [0, 0.05) is 66.1 Å². The fourth-order valence-electron chi connectivity index (χ4n) is 8.58. The first-order valence-corrected chi connectivity index (χ1v) is 27.8. The lowest BCUT2D eigenvalue weighted by Gasteiger charge is -2.32. The van der Waals surface area contributed by atoms with Crippen molar-refractivity contribution >= 4 is 59.0 Å². The van der Waals surface area contributed by atoms with E-state index in [2.05, 4.69) is 59.1 Å². The summed E-state index contributed by atoms with van der Waals surface area (Å²) < 4.78 is 101. The molecule has 0 unspecified atom stereocenters. The average molecular weight is 1210 g/mol. The lowest BCUT2D eigenvalue weighted by Crippen LogP contribution is -2.41. The van der Waals surface area contributed by atoms with Crippen molar-refractivity contribution < 1.29 is 54.7 Å². The molecule has 9 rings (SSSR count). The van der Waals surface area contributed by atoms with Crippen LogP contribution in [0.2, 0.25) is 5.02 Å². The summed E-state index contributed by atoms with van der Waals surface area (Å²) in [6.45, 7) is 18.7. The Morgan fingerprint density at radius 2 is 1.06 bits per heavy atom. The first kappa shape index (κ1) is 65.9. The average Bonchev–Trinajstić information content (AvgIpc) is 2.48. The van der Waals surface area contributed by atoms with Crippen LogP contribution in [-0.4, -0.2) is 154 Å². The molecule has 0 aliphatic carbocycles. The number of hydrogen-bond donors (Lipinski definition) is 2. The monoisotopic (exact) mass is 1210 g/mol. The van der Waals surface area contributed by atoms with Crippen LogP contribution >= 0.6 is 11.6 Å². The second-order valence-corrected chi connectivity index (χ2v) is 22.3. The van der Waals surface area contributed by atoms with E-state index < -0.39 is 53.9 Å². The summed E-state index contributed by atoms with van der Waals surface area (Å²) in [4.78, 5) is 49.4. The fraction of sp³-hybridized carbons (Fsp3) is 0.387. The van der Waals surface area contributed by atoms with Gasteiger partial charge in [-0.2, -0.15) is 26.3 Å². The van der Waals surface area contributed by atoms with Gasteiger partial charge in [-0.25, -0.2) is 9.97 Å². The second kappa shape index (κ2) is 28.7. The van der Waals surface area contributed by atoms with E-state index in [9.17, 15) is 35.9 Å². The first-order valence-electron chi connectivity index (χ1n) is 27.4. The number of morpholine rings is 2. The number of nitrogens with one attached hydrogen (secondary N) is 2. The van der Waals surface area contributed by atoms with Crippen LogP contribution in [0.3, 0.4) is 0 Å². The molecular weight excluding hydrogens is 1140 g/mol. The van der Waals surface area contributed by atoms with Crippen LogP contribution < -0.4 is 25.9 Å². The summed E-state index contributed by atoms with van der Waals surface area (Å²) in [7, 11) is 7.24. The third kappa shape index (κ3) is 18.5. The van der Waals surface area contributed by atoms with E-state index >= 15 is 0 Å². The van der Waals surface area contributed by atoms with Crippen LogP contribution in [-0.2, 0) is 31.1 Å². The van der Waals surface area contributed by atoms with Crippen LogP contribution in [0.25, 0.3) is 11.1 Å². The van der Waals surface area contributed by atoms with Gasteiger partial charge in [-0.3, -0.25) is 29.4 Å². The third-order valence-corrected chi connectivity index (χ3v) is 14.2. The van der Waals surface area contributed by atoms with Gasteiger partial charge >= 0.3 is 19.5 Å². The summed E-state index contributed by atoms with van der Waals surface area (Å²) in [5.41, 5.74) is 2.99. The van der Waals surface area contributed by atoms with Gasteiger partial charge < -0.3 is 39.2 Å². The zero-order valence-electron chi connectivity index (χ0n) is 49.6. The Balaban J connectivity index is 0.000000195. The molecule has 16 nitrogen and oxygen atoms in total. The summed E-state index contributed by atoms with van der Waals surface area (Å²) >= 11 is 6.13. The normalized spacial score (nSPS) is 15.5. The Morgan fingerprint density at radius 1 is 0.616 bits per heavy atom. The molecule has 0 saturated carbocycles. The van der Waals surface area contributed by atoms with Crippen molar-refractivity contribution in [3.05, 3.63) is 147 Å². The molecule has 4 aromatic heterocycles. The maximum Gasteiger partial charge on any atom is 0.495 e. The number of carbonyl (C=O) groups excluding carboxylic acids is 2. The van der Waals surface area contributed by atoms with Crippen molar-refractivity contribution in [2.75, 3.05) is 114 Å². The molecule has 3 aliphatic heterocycles. The Labute approximate surface area is 503 Å². The summed E-state index contributed by atoms with van der Waals surface area (Å²) in [6.07, 6.45) is -7.33. The Kier molecular flexibility index (Phi) is 22.0. The van der Waals surface area contributed by atoms with Crippen LogP contribution in [0.4, 0.5) is 49.4 Å². The van der Waals surface area contributed by atoms with Gasteiger partial charge in [0.25, 0.3) is 11.8 Å². The van der Waals surface area contributed by atoms with Crippen molar-refractivity contribution in [2.45, 2.75) is 65.1 Å². The Morgan fingerprint density at radius 3 is 1.52 bits per heavy atom. The standard InChI is InChI=1S/C28H28F3N5O2.C20H22BF3N2O3.C14H18ClN3O/c1-19-6-7-23(34-27(37)20-8-9-32-25(16-20)28(29,30)31)18-24(19)21-15-22(5-4-10-35(2)3)33-26(17-21)36-11-13-38-14-12-36;1-12-6-7-14(11-15(12)21-28-18(2,3)19(4,5)29-21)26-17(27)13-8-9-25-16(10-13)20(22,23)24;1-17(2)5-3-4-13-10-12(15)11-14(16-13)18-6-8-19-9-7-18/h6-9,15-18H,10-14H2,1-3H3,(H,34,37);6-11H,1-5H3,(H,26,27);10-11H,5-9H2,1-2H3. The molecule has 2 N–H and O–H groups in total. The van der Waals surface area contributed by atoms with Crippen molar-refractivity contribution in [2.24, 2.45) is 0 Å². The van der Waals surface area contributed by atoms with Gasteiger partial charge in [-0.05, 0) is 177 Å². The summed E-state index contributed by atoms with van der Waals surface area (Å²) in [6, 6.07) is 22.0. The number of amides is 2. The summed E-state index contributed by atoms with van der Waals surface area (Å²) in [5.74, 6) is 12.7. The molecule has 6 aromatic rings. The minimum atomic E-state index is -4.64. The molecular formula is C62H68BClF6N10O6. The molecule has 3 fully saturated rings. The van der Waals surface area contributed by atoms with Crippen LogP contribution in [0.5, 0.6) is 0 Å². The molecule has 0 bridgehead atoms. The quantitative estimate of drug-likeness (QED) is 0.0758. The maximum atomic E-state index is 13.0. The van der Waals surface area contributed by atoms with E-state index in [1.54, 1.807) is 36.4 Å². The van der Waals surface area contributed by atoms with Crippen molar-refractivity contribution in [3.63, 3.8) is 0 Å².